The quantitative estimate of drug-likeness (QED) is 0.836. The molecule has 0 saturated carbocycles. The highest BCUT2D eigenvalue weighted by atomic mass is 19.1. The molecule has 1 aliphatic heterocycles. The molecule has 6 nitrogen and oxygen atoms in total. The van der Waals surface area contributed by atoms with Crippen LogP contribution in [-0.2, 0) is 0 Å². The number of nitrogens with zero attached hydrogens (tertiary/aromatic N) is 2. The van der Waals surface area contributed by atoms with Crippen LogP contribution in [0.25, 0.3) is 10.9 Å². The van der Waals surface area contributed by atoms with E-state index in [1.165, 1.54) is 24.3 Å². The second-order valence-electron chi connectivity index (χ2n) is 7.52. The van der Waals surface area contributed by atoms with Gasteiger partial charge in [0.15, 0.2) is 0 Å². The Hall–Kier alpha value is -2.25. The number of H-pyrrole nitrogens is 1. The number of hydrogen-bond donors (Lipinski definition) is 2. The van der Waals surface area contributed by atoms with E-state index in [9.17, 15) is 19.1 Å². The third kappa shape index (κ3) is 4.73. The number of benzene rings is 1. The number of amides is 1. The zero-order valence-electron chi connectivity index (χ0n) is 15.7. The number of pyridine rings is 1. The summed E-state index contributed by atoms with van der Waals surface area (Å²) in [4.78, 5) is 31.3. The van der Waals surface area contributed by atoms with E-state index in [2.05, 4.69) is 9.88 Å². The molecule has 0 radical (unpaired) electrons. The van der Waals surface area contributed by atoms with Crippen LogP contribution < -0.4 is 5.56 Å². The Balaban J connectivity index is 1.70. The molecule has 2 N–H and O–H groups in total. The Labute approximate surface area is 157 Å². The number of likely N-dealkylation sites (tertiary alicyclic amines) is 1. The molecule has 146 valence electrons. The molecule has 1 saturated heterocycles. The fraction of sp³-hybridized carbons (Fsp3) is 0.500. The second kappa shape index (κ2) is 8.19. The first-order chi connectivity index (χ1) is 12.8. The van der Waals surface area contributed by atoms with Crippen molar-refractivity contribution < 1.29 is 14.3 Å². The van der Waals surface area contributed by atoms with Gasteiger partial charge in [0, 0.05) is 31.6 Å². The summed E-state index contributed by atoms with van der Waals surface area (Å²) in [6.45, 7) is 4.89. The lowest BCUT2D eigenvalue weighted by Crippen LogP contribution is -2.41. The van der Waals surface area contributed by atoms with Gasteiger partial charge in [-0.3, -0.25) is 9.59 Å². The maximum absolute atomic E-state index is 13.4. The molecule has 1 aliphatic rings. The molecule has 2 aromatic rings. The Morgan fingerprint density at radius 1 is 1.37 bits per heavy atom. The summed E-state index contributed by atoms with van der Waals surface area (Å²) in [5.41, 5.74) is 0.199. The highest BCUT2D eigenvalue weighted by Gasteiger charge is 2.24. The van der Waals surface area contributed by atoms with Crippen LogP contribution in [0.1, 0.15) is 30.1 Å². The molecular weight excluding hydrogens is 349 g/mol. The normalized spacial score (nSPS) is 17.2. The Kier molecular flexibility index (Phi) is 5.92. The molecule has 1 unspecified atom stereocenters. The lowest BCUT2D eigenvalue weighted by molar-refractivity contribution is 0.0704. The van der Waals surface area contributed by atoms with Gasteiger partial charge in [-0.25, -0.2) is 4.39 Å². The number of halogens is 1. The number of aromatic nitrogens is 1. The minimum absolute atomic E-state index is 0.232. The zero-order chi connectivity index (χ0) is 19.6. The molecule has 0 aliphatic carbocycles. The van der Waals surface area contributed by atoms with Crippen molar-refractivity contribution in [3.05, 3.63) is 46.0 Å². The fourth-order valence-corrected chi connectivity index (χ4v) is 3.81. The largest absolute Gasteiger partial charge is 0.392 e. The number of carbonyl (C=O) groups excluding carboxylic acids is 1. The summed E-state index contributed by atoms with van der Waals surface area (Å²) in [6, 6.07) is 5.32. The minimum atomic E-state index is -0.458. The predicted molar refractivity (Wildman–Crippen MR) is 102 cm³/mol. The van der Waals surface area contributed by atoms with E-state index in [1.54, 1.807) is 18.9 Å². The van der Waals surface area contributed by atoms with Crippen LogP contribution in [0.3, 0.4) is 0 Å². The predicted octanol–water partition coefficient (Wildman–Crippen LogP) is 1.83. The monoisotopic (exact) mass is 375 g/mol. The van der Waals surface area contributed by atoms with Gasteiger partial charge >= 0.3 is 0 Å². The Bertz CT molecular complexity index is 872. The summed E-state index contributed by atoms with van der Waals surface area (Å²) in [6.07, 6.45) is 1.59. The highest BCUT2D eigenvalue weighted by Crippen LogP contribution is 2.21. The van der Waals surface area contributed by atoms with E-state index in [0.29, 0.717) is 35.5 Å². The summed E-state index contributed by atoms with van der Waals surface area (Å²) < 4.78 is 13.4. The average Bonchev–Trinajstić information content (AvgIpc) is 2.61. The van der Waals surface area contributed by atoms with Gasteiger partial charge in [0.05, 0.1) is 17.2 Å². The third-order valence-electron chi connectivity index (χ3n) is 5.14. The van der Waals surface area contributed by atoms with Crippen molar-refractivity contribution in [3.8, 4) is 0 Å². The number of rotatable bonds is 5. The topological polar surface area (TPSA) is 76.6 Å². The minimum Gasteiger partial charge on any atom is -0.392 e. The van der Waals surface area contributed by atoms with E-state index in [1.807, 2.05) is 0 Å². The van der Waals surface area contributed by atoms with Crippen molar-refractivity contribution in [2.45, 2.75) is 25.9 Å². The fourth-order valence-electron chi connectivity index (χ4n) is 3.81. The van der Waals surface area contributed by atoms with Crippen LogP contribution in [-0.4, -0.2) is 65.1 Å². The highest BCUT2D eigenvalue weighted by molar-refractivity contribution is 6.05. The van der Waals surface area contributed by atoms with Gasteiger partial charge in [-0.2, -0.15) is 0 Å². The van der Waals surface area contributed by atoms with E-state index >= 15 is 0 Å². The number of β-amino-alcohol motifs (C(OH)–C–C–N with tert-alkyl or cyclic N) is 1. The second-order valence-corrected chi connectivity index (χ2v) is 7.52. The molecule has 1 amide bonds. The van der Waals surface area contributed by atoms with E-state index in [-0.39, 0.29) is 12.0 Å². The van der Waals surface area contributed by atoms with Gasteiger partial charge in [0.1, 0.15) is 5.82 Å². The summed E-state index contributed by atoms with van der Waals surface area (Å²) in [5, 5.41) is 10.0. The van der Waals surface area contributed by atoms with Crippen molar-refractivity contribution in [1.29, 1.82) is 0 Å². The first kappa shape index (κ1) is 19.5. The summed E-state index contributed by atoms with van der Waals surface area (Å²) in [5.74, 6) is -0.306. The van der Waals surface area contributed by atoms with Crippen LogP contribution in [0.15, 0.2) is 29.1 Å². The summed E-state index contributed by atoms with van der Waals surface area (Å²) >= 11 is 0. The molecule has 3 rings (SSSR count). The van der Waals surface area contributed by atoms with Crippen molar-refractivity contribution in [1.82, 2.24) is 14.8 Å². The summed E-state index contributed by atoms with van der Waals surface area (Å²) in [7, 11) is 1.74. The van der Waals surface area contributed by atoms with E-state index in [4.69, 9.17) is 0 Å². The first-order valence-corrected chi connectivity index (χ1v) is 9.32. The number of aliphatic hydroxyl groups excluding tert-OH is 1. The molecule has 1 fully saturated rings. The standard InChI is InChI=1S/C20H26FN3O3/c1-13(25)11-24-7-5-14(6-8-24)12-23(2)20(27)17-10-19(26)22-18-9-15(21)3-4-16(17)18/h3-4,9-10,13-14,25H,5-8,11-12H2,1-2H3,(H,22,26). The lowest BCUT2D eigenvalue weighted by Gasteiger charge is -2.34. The number of nitrogens with one attached hydrogen (secondary N) is 1. The van der Waals surface area contributed by atoms with Crippen LogP contribution in [0, 0.1) is 11.7 Å². The van der Waals surface area contributed by atoms with Crippen molar-refractivity contribution in [2.75, 3.05) is 33.2 Å². The molecule has 0 bridgehead atoms. The van der Waals surface area contributed by atoms with Gasteiger partial charge in [-0.1, -0.05) is 0 Å². The zero-order valence-corrected chi connectivity index (χ0v) is 15.7. The Morgan fingerprint density at radius 2 is 2.07 bits per heavy atom. The number of aliphatic hydroxyl groups is 1. The molecule has 1 aromatic carbocycles. The number of piperidine rings is 1. The SMILES string of the molecule is CC(O)CN1CCC(CN(C)C(=O)c2cc(=O)[nH]c3cc(F)ccc23)CC1. The molecular formula is C20H26FN3O3. The van der Waals surface area contributed by atoms with E-state index < -0.39 is 11.4 Å². The first-order valence-electron chi connectivity index (χ1n) is 9.32. The van der Waals surface area contributed by atoms with Gasteiger partial charge in [-0.15, -0.1) is 0 Å². The molecule has 2 heterocycles. The van der Waals surface area contributed by atoms with Crippen molar-refractivity contribution >= 4 is 16.8 Å². The Morgan fingerprint density at radius 3 is 2.74 bits per heavy atom. The number of fused-ring (bicyclic) bond motifs is 1. The number of carbonyl (C=O) groups is 1. The maximum Gasteiger partial charge on any atom is 0.254 e. The maximum atomic E-state index is 13.4. The molecule has 1 aromatic heterocycles. The molecule has 7 heteroatoms. The number of aromatic amines is 1. The van der Waals surface area contributed by atoms with Crippen LogP contribution in [0.4, 0.5) is 4.39 Å². The van der Waals surface area contributed by atoms with Crippen LogP contribution in [0.2, 0.25) is 0 Å². The van der Waals surface area contributed by atoms with Crippen LogP contribution in [0.5, 0.6) is 0 Å². The molecule has 1 atom stereocenters. The van der Waals surface area contributed by atoms with Crippen molar-refractivity contribution in [3.63, 3.8) is 0 Å². The third-order valence-corrected chi connectivity index (χ3v) is 5.14. The average molecular weight is 375 g/mol. The molecule has 0 spiro atoms. The lowest BCUT2D eigenvalue weighted by atomic mass is 9.95. The van der Waals surface area contributed by atoms with Gasteiger partial charge in [-0.05, 0) is 57.0 Å². The number of hydrogen-bond acceptors (Lipinski definition) is 4. The van der Waals surface area contributed by atoms with Gasteiger partial charge in [0.25, 0.3) is 5.91 Å². The molecule has 27 heavy (non-hydrogen) atoms. The smallest absolute Gasteiger partial charge is 0.254 e. The van der Waals surface area contributed by atoms with Gasteiger partial charge < -0.3 is 19.9 Å². The van der Waals surface area contributed by atoms with Gasteiger partial charge in [0.2, 0.25) is 5.56 Å². The van der Waals surface area contributed by atoms with Crippen LogP contribution >= 0.6 is 0 Å². The van der Waals surface area contributed by atoms with E-state index in [0.717, 1.165) is 25.9 Å². The van der Waals surface area contributed by atoms with Crippen molar-refractivity contribution in [2.24, 2.45) is 5.92 Å².